The third-order valence-electron chi connectivity index (χ3n) is 3.21. The van der Waals surface area contributed by atoms with Crippen LogP contribution >= 0.6 is 0 Å². The van der Waals surface area contributed by atoms with E-state index in [-0.39, 0.29) is 17.1 Å². The molecule has 0 saturated carbocycles. The largest absolute Gasteiger partial charge is 0.391 e. The molecule has 6 heteroatoms. The number of aliphatic hydroxyl groups is 1. The van der Waals surface area contributed by atoms with Gasteiger partial charge in [-0.1, -0.05) is 18.2 Å². The standard InChI is InChI=1S/C14H21NO4S/c1-11(16)14(2,3)15-13(17)9-10-20(18,19)12-7-5-4-6-8-12/h4-8,11,16H,9-10H2,1-3H3,(H,15,17). The molecule has 0 saturated heterocycles. The summed E-state index contributed by atoms with van der Waals surface area (Å²) in [6.45, 7) is 4.93. The second-order valence-electron chi connectivity index (χ2n) is 5.33. The zero-order valence-corrected chi connectivity index (χ0v) is 12.8. The first kappa shape index (κ1) is 16.7. The van der Waals surface area contributed by atoms with Gasteiger partial charge in [0.25, 0.3) is 0 Å². The summed E-state index contributed by atoms with van der Waals surface area (Å²) in [5.41, 5.74) is -0.784. The highest BCUT2D eigenvalue weighted by molar-refractivity contribution is 7.91. The highest BCUT2D eigenvalue weighted by Crippen LogP contribution is 2.12. The number of amides is 1. The average Bonchev–Trinajstić information content (AvgIpc) is 2.37. The molecule has 1 aromatic rings. The quantitative estimate of drug-likeness (QED) is 0.824. The highest BCUT2D eigenvalue weighted by Gasteiger charge is 2.26. The van der Waals surface area contributed by atoms with Gasteiger partial charge in [0.05, 0.1) is 22.3 Å². The van der Waals surface area contributed by atoms with Crippen molar-refractivity contribution in [3.63, 3.8) is 0 Å². The van der Waals surface area contributed by atoms with E-state index in [2.05, 4.69) is 5.32 Å². The fraction of sp³-hybridized carbons (Fsp3) is 0.500. The summed E-state index contributed by atoms with van der Waals surface area (Å²) in [6.07, 6.45) is -0.856. The molecule has 0 aliphatic rings. The van der Waals surface area contributed by atoms with Crippen LogP contribution in [0.4, 0.5) is 0 Å². The maximum absolute atomic E-state index is 12.0. The molecular weight excluding hydrogens is 278 g/mol. The van der Waals surface area contributed by atoms with E-state index in [9.17, 15) is 18.3 Å². The lowest BCUT2D eigenvalue weighted by atomic mass is 9.99. The number of nitrogens with one attached hydrogen (secondary N) is 1. The lowest BCUT2D eigenvalue weighted by Gasteiger charge is -2.29. The van der Waals surface area contributed by atoms with E-state index in [4.69, 9.17) is 0 Å². The summed E-state index contributed by atoms with van der Waals surface area (Å²) in [5, 5.41) is 12.1. The zero-order chi connectivity index (χ0) is 15.4. The van der Waals surface area contributed by atoms with E-state index in [1.165, 1.54) is 12.1 Å². The van der Waals surface area contributed by atoms with Gasteiger partial charge in [-0.25, -0.2) is 8.42 Å². The van der Waals surface area contributed by atoms with Gasteiger partial charge < -0.3 is 10.4 Å². The summed E-state index contributed by atoms with van der Waals surface area (Å²) < 4.78 is 24.0. The Labute approximate surface area is 119 Å². The minimum atomic E-state index is -3.45. The molecule has 5 nitrogen and oxygen atoms in total. The molecule has 1 rings (SSSR count). The third kappa shape index (κ3) is 4.61. The van der Waals surface area contributed by atoms with Crippen molar-refractivity contribution in [3.05, 3.63) is 30.3 Å². The summed E-state index contributed by atoms with van der Waals surface area (Å²) in [6, 6.07) is 8.03. The van der Waals surface area contributed by atoms with Crippen LogP contribution in [-0.4, -0.2) is 36.8 Å². The SMILES string of the molecule is CC(O)C(C)(C)NC(=O)CCS(=O)(=O)c1ccccc1. The molecule has 1 unspecified atom stereocenters. The predicted molar refractivity (Wildman–Crippen MR) is 77.0 cm³/mol. The van der Waals surface area contributed by atoms with Crippen LogP contribution in [0.1, 0.15) is 27.2 Å². The first-order valence-electron chi connectivity index (χ1n) is 6.42. The van der Waals surface area contributed by atoms with Gasteiger partial charge in [0.1, 0.15) is 0 Å². The number of carbonyl (C=O) groups is 1. The number of sulfone groups is 1. The van der Waals surface area contributed by atoms with Gasteiger partial charge in [-0.3, -0.25) is 4.79 Å². The van der Waals surface area contributed by atoms with E-state index in [0.717, 1.165) is 0 Å². The van der Waals surface area contributed by atoms with Crippen molar-refractivity contribution in [2.45, 2.75) is 43.7 Å². The normalized spacial score (nSPS) is 13.8. The van der Waals surface area contributed by atoms with Crippen LogP contribution in [-0.2, 0) is 14.6 Å². The Morgan fingerprint density at radius 1 is 1.30 bits per heavy atom. The molecule has 1 atom stereocenters. The van der Waals surface area contributed by atoms with Crippen LogP contribution in [0.25, 0.3) is 0 Å². The number of hydrogen-bond donors (Lipinski definition) is 2. The number of rotatable bonds is 6. The number of benzene rings is 1. The van der Waals surface area contributed by atoms with Crippen LogP contribution < -0.4 is 5.32 Å². The van der Waals surface area contributed by atoms with Crippen molar-refractivity contribution in [3.8, 4) is 0 Å². The molecular formula is C14H21NO4S. The Kier molecular flexibility index (Phi) is 5.30. The van der Waals surface area contributed by atoms with Crippen LogP contribution in [0.3, 0.4) is 0 Å². The van der Waals surface area contributed by atoms with E-state index in [0.29, 0.717) is 0 Å². The molecule has 112 valence electrons. The molecule has 2 N–H and O–H groups in total. The van der Waals surface area contributed by atoms with Crippen LogP contribution in [0, 0.1) is 0 Å². The second-order valence-corrected chi connectivity index (χ2v) is 7.44. The van der Waals surface area contributed by atoms with Gasteiger partial charge in [0.15, 0.2) is 9.84 Å². The maximum Gasteiger partial charge on any atom is 0.221 e. The summed E-state index contributed by atoms with van der Waals surface area (Å²) in [4.78, 5) is 12.0. The molecule has 0 radical (unpaired) electrons. The molecule has 0 heterocycles. The van der Waals surface area contributed by atoms with Crippen molar-refractivity contribution in [2.24, 2.45) is 0 Å². The lowest BCUT2D eigenvalue weighted by molar-refractivity contribution is -0.123. The van der Waals surface area contributed by atoms with Crippen molar-refractivity contribution < 1.29 is 18.3 Å². The van der Waals surface area contributed by atoms with Crippen molar-refractivity contribution in [2.75, 3.05) is 5.75 Å². The molecule has 0 aliphatic heterocycles. The fourth-order valence-electron chi connectivity index (χ4n) is 1.50. The van der Waals surface area contributed by atoms with Gasteiger partial charge in [-0.2, -0.15) is 0 Å². The van der Waals surface area contributed by atoms with Crippen LogP contribution in [0.2, 0.25) is 0 Å². The maximum atomic E-state index is 12.0. The smallest absolute Gasteiger partial charge is 0.221 e. The third-order valence-corrected chi connectivity index (χ3v) is 4.94. The Bertz CT molecular complexity index is 550. The minimum Gasteiger partial charge on any atom is -0.391 e. The van der Waals surface area contributed by atoms with Crippen LogP contribution in [0.15, 0.2) is 35.2 Å². The molecule has 1 amide bonds. The monoisotopic (exact) mass is 299 g/mol. The van der Waals surface area contributed by atoms with Crippen LogP contribution in [0.5, 0.6) is 0 Å². The van der Waals surface area contributed by atoms with E-state index >= 15 is 0 Å². The topological polar surface area (TPSA) is 83.5 Å². The first-order chi connectivity index (χ1) is 9.15. The Hall–Kier alpha value is -1.40. The minimum absolute atomic E-state index is 0.132. The molecule has 0 aliphatic carbocycles. The molecule has 1 aromatic carbocycles. The van der Waals surface area contributed by atoms with Gasteiger partial charge in [0, 0.05) is 6.42 Å². The Balaban J connectivity index is 2.62. The molecule has 0 aromatic heterocycles. The number of hydrogen-bond acceptors (Lipinski definition) is 4. The molecule has 0 fully saturated rings. The average molecular weight is 299 g/mol. The summed E-state index contributed by atoms with van der Waals surface area (Å²) in [7, 11) is -3.45. The lowest BCUT2D eigenvalue weighted by Crippen LogP contribution is -2.51. The van der Waals surface area contributed by atoms with Gasteiger partial charge in [0.2, 0.25) is 5.91 Å². The van der Waals surface area contributed by atoms with Gasteiger partial charge in [-0.15, -0.1) is 0 Å². The van der Waals surface area contributed by atoms with E-state index in [1.54, 1.807) is 39.0 Å². The zero-order valence-electron chi connectivity index (χ0n) is 12.0. The van der Waals surface area contributed by atoms with E-state index < -0.39 is 27.4 Å². The van der Waals surface area contributed by atoms with Crippen molar-refractivity contribution in [1.82, 2.24) is 5.32 Å². The highest BCUT2D eigenvalue weighted by atomic mass is 32.2. The number of aliphatic hydroxyl groups excluding tert-OH is 1. The first-order valence-corrected chi connectivity index (χ1v) is 8.07. The van der Waals surface area contributed by atoms with Gasteiger partial charge in [-0.05, 0) is 32.9 Å². The molecule has 0 bridgehead atoms. The predicted octanol–water partition coefficient (Wildman–Crippen LogP) is 1.13. The molecule has 20 heavy (non-hydrogen) atoms. The summed E-state index contributed by atoms with van der Waals surface area (Å²) in [5.74, 6) is -0.644. The van der Waals surface area contributed by atoms with Gasteiger partial charge >= 0.3 is 0 Å². The van der Waals surface area contributed by atoms with E-state index in [1.807, 2.05) is 0 Å². The summed E-state index contributed by atoms with van der Waals surface area (Å²) >= 11 is 0. The second kappa shape index (κ2) is 6.37. The van der Waals surface area contributed by atoms with Crippen molar-refractivity contribution in [1.29, 1.82) is 0 Å². The Morgan fingerprint density at radius 3 is 2.35 bits per heavy atom. The molecule has 0 spiro atoms. The fourth-order valence-corrected chi connectivity index (χ4v) is 2.76. The Morgan fingerprint density at radius 2 is 1.85 bits per heavy atom. The number of carbonyl (C=O) groups excluding carboxylic acids is 1. The van der Waals surface area contributed by atoms with Crippen molar-refractivity contribution >= 4 is 15.7 Å².